The Kier molecular flexibility index (Phi) is 47.0. The number of carbonyl (C=O) groups is 8. The van der Waals surface area contributed by atoms with Gasteiger partial charge in [0, 0.05) is 68.4 Å². The van der Waals surface area contributed by atoms with E-state index in [2.05, 4.69) is 63.8 Å². The molecule has 0 spiro atoms. The zero-order valence-electron chi connectivity index (χ0n) is 65.8. The zero-order valence-corrected chi connectivity index (χ0v) is 74.7. The van der Waals surface area contributed by atoms with Gasteiger partial charge in [-0.25, -0.2) is 39.2 Å². The number of rotatable bonds is 26. The molecule has 0 saturated heterocycles. The van der Waals surface area contributed by atoms with Crippen LogP contribution in [0.15, 0.2) is 185 Å². The molecule has 0 aliphatic heterocycles. The second-order valence-corrected chi connectivity index (χ2v) is 48.2. The van der Waals surface area contributed by atoms with E-state index in [1.807, 2.05) is 93.1 Å². The molecule has 0 radical (unpaired) electrons. The minimum absolute atomic E-state index is 0. The summed E-state index contributed by atoms with van der Waals surface area (Å²) in [6.45, 7) is 8.11. The molecule has 646 valence electrons. The summed E-state index contributed by atoms with van der Waals surface area (Å²) >= 11 is 5.30. The summed E-state index contributed by atoms with van der Waals surface area (Å²) in [5.74, 6) is -4.47. The Bertz CT molecular complexity index is 4630. The molecule has 2 heterocycles. The van der Waals surface area contributed by atoms with Crippen molar-refractivity contribution in [1.29, 1.82) is 5.41 Å². The van der Waals surface area contributed by atoms with Crippen molar-refractivity contribution in [3.63, 3.8) is 0 Å². The number of halogens is 3. The molecule has 32 nitrogen and oxygen atoms in total. The fourth-order valence-electron chi connectivity index (χ4n) is 12.0. The van der Waals surface area contributed by atoms with Crippen LogP contribution in [0.2, 0.25) is 0 Å². The van der Waals surface area contributed by atoms with Gasteiger partial charge in [0.1, 0.15) is 80.5 Å². The Hall–Kier alpha value is -9.02. The summed E-state index contributed by atoms with van der Waals surface area (Å²) in [4.78, 5) is 97.6. The molecule has 118 heavy (non-hydrogen) atoms. The molecular formula is C80H108I3N14O18S3-. The van der Waals surface area contributed by atoms with Crippen LogP contribution in [-0.2, 0) is 108 Å². The van der Waals surface area contributed by atoms with Crippen molar-refractivity contribution in [3.8, 4) is 0 Å². The third-order valence-corrected chi connectivity index (χ3v) is 20.6. The number of benzene rings is 5. The summed E-state index contributed by atoms with van der Waals surface area (Å²) in [5, 5.41) is 36.2. The third kappa shape index (κ3) is 41.1. The van der Waals surface area contributed by atoms with Crippen LogP contribution in [0.1, 0.15) is 136 Å². The molecule has 5 aromatic carbocycles. The Morgan fingerprint density at radius 2 is 0.805 bits per heavy atom. The number of primary amides is 2. The van der Waals surface area contributed by atoms with Crippen molar-refractivity contribution in [3.05, 3.63) is 220 Å². The number of hydrogen-bond acceptors (Lipinski definition) is 19. The number of nitrogens with two attached hydrogens (primary N) is 6. The molecule has 7 amide bonds. The number of pyridine rings is 2. The molecular weight excluding hydrogens is 1920 g/mol. The molecule has 19 N–H and O–H groups in total. The topological polar surface area (TPSA) is 576 Å². The average molecular weight is 2030 g/mol. The molecule has 2 aliphatic carbocycles. The number of nitrogen functional groups attached to an aromatic ring is 1. The number of amidine groups is 2. The Morgan fingerprint density at radius 1 is 0.483 bits per heavy atom. The van der Waals surface area contributed by atoms with Gasteiger partial charge in [0.15, 0.2) is 24.8 Å². The standard InChI is InChI=1S/C29H39N7O4.C20H28N4O4.C9H13N3O.3C7H8O3S.CH4.I3/c1-18(37)33-24(15-19-10-12-22(13-11-19)26(30)31)28(39)35-25(21-8-4-3-5-9-21)29(40)34-23(27(32)38)16-20-7-6-14-36(2)17-20;1-12(25)23-16(11-13-7-9-15(10-8-13)18(21)22)19(26)24-17(20(27)28)14-5-3-2-4-6-14;1-12-4-2-3-7(6-12)5-8(10)9(11)13;3*1-6-2-4-7(5-3-6)11(8,9)10;;1-3-2/h6-7,10-14,17,21,23-25H,3-5,8-9,15-16H2,1-2H3,(H7-,30,31,32,33,34,35,37,38,39,40);7-10,14,16-17H,2-6,11H2,1H3,(H3,21,22)(H,23,25)(H,24,26)(H,27,28);2-4,6,8H,5,10H2,1H3,(H-,11,13);3*2-5H,1H3,(H,8,9,10);1H4;/q;;;;;;;-1/t23-,24-,25?;16-,17?;8-;;;;;/m000...../s1. The van der Waals surface area contributed by atoms with Crippen LogP contribution >= 0.6 is 37.2 Å². The molecule has 2 saturated carbocycles. The van der Waals surface area contributed by atoms with Crippen molar-refractivity contribution in [2.45, 2.75) is 183 Å². The first-order valence-corrected chi connectivity index (χ1v) is 53.4. The van der Waals surface area contributed by atoms with E-state index in [1.165, 1.54) is 50.2 Å². The molecule has 2 unspecified atom stereocenters. The van der Waals surface area contributed by atoms with Crippen LogP contribution in [0.25, 0.3) is 0 Å². The van der Waals surface area contributed by atoms with Crippen LogP contribution in [-0.4, -0.2) is 139 Å². The number of nitrogens with one attached hydrogen (secondary N) is 6. The number of aryl methyl sites for hydroxylation is 5. The summed E-state index contributed by atoms with van der Waals surface area (Å²) in [5.41, 5.74) is 34.7. The molecule has 9 rings (SSSR count). The maximum atomic E-state index is 13.6. The van der Waals surface area contributed by atoms with Gasteiger partial charge >= 0.3 is 56.5 Å². The van der Waals surface area contributed by atoms with Gasteiger partial charge in [-0.2, -0.15) is 0 Å². The average Bonchev–Trinajstić information content (AvgIpc) is 0.848. The quantitative estimate of drug-likeness (QED) is 0.0115. The van der Waals surface area contributed by atoms with Gasteiger partial charge < -0.3 is 68.3 Å². The molecule has 7 aromatic rings. The number of carbonyl (C=O) groups excluding carboxylic acids is 7. The minimum atomic E-state index is -4.27. The van der Waals surface area contributed by atoms with E-state index in [-0.39, 0.29) is 76.7 Å². The maximum absolute atomic E-state index is 13.6. The summed E-state index contributed by atoms with van der Waals surface area (Å²) in [6, 6.07) is 33.5. The SMILES string of the molecule is C.CC(=O)N[C@@H](Cc1ccc(C(=N)N)cc1)C(=O)NC(C(=O)O)C1CCCCC1.CC(=O)N[C@@H](Cc1ccc(C(N)=[NH2+])cc1)C(=O)NC(C(=O)N[C@@H](Cc1ccc[n+](C)c1)C(N)=O)C1CCCCC1.C[n+]1cccc(C[C@H](N)C(N)=O)c1.Cc1ccc(S(=O)(=O)[O-])cc1.Cc1ccc(S(=O)(=O)[O-])cc1.Cc1ccc(S(=O)(=O)[O-])cc1.I[I-]I. The monoisotopic (exact) mass is 2030 g/mol. The number of nitrogens with zero attached hydrogens (tertiary/aromatic N) is 2. The normalized spacial score (nSPS) is 14.0. The van der Waals surface area contributed by atoms with Crippen LogP contribution in [0.5, 0.6) is 0 Å². The molecule has 38 heteroatoms. The van der Waals surface area contributed by atoms with Gasteiger partial charge in [-0.05, 0) is 130 Å². The molecule has 0 bridgehead atoms. The van der Waals surface area contributed by atoms with Crippen molar-refractivity contribution in [2.75, 3.05) is 0 Å². The Labute approximate surface area is 720 Å². The summed E-state index contributed by atoms with van der Waals surface area (Å²) < 4.78 is 97.2. The van der Waals surface area contributed by atoms with E-state index < -0.39 is 102 Å². The van der Waals surface area contributed by atoms with Gasteiger partial charge in [0.2, 0.25) is 41.4 Å². The first kappa shape index (κ1) is 105. The van der Waals surface area contributed by atoms with Crippen LogP contribution in [0, 0.1) is 38.0 Å². The third-order valence-electron chi connectivity index (χ3n) is 18.1. The molecule has 2 aliphatic rings. The second kappa shape index (κ2) is 52.8. The zero-order chi connectivity index (χ0) is 87.9. The first-order valence-electron chi connectivity index (χ1n) is 36.6. The van der Waals surface area contributed by atoms with Gasteiger partial charge in [-0.15, -0.1) is 0 Å². The number of aromatic nitrogens is 2. The van der Waals surface area contributed by atoms with E-state index in [0.717, 1.165) is 103 Å². The van der Waals surface area contributed by atoms with E-state index in [9.17, 15) is 82.4 Å². The van der Waals surface area contributed by atoms with Crippen LogP contribution in [0.4, 0.5) is 0 Å². The fraction of sp³-hybridized carbons (Fsp3) is 0.375. The van der Waals surface area contributed by atoms with Crippen molar-refractivity contribution >= 4 is 127 Å². The predicted octanol–water partition coefficient (Wildman–Crippen LogP) is 0.443. The number of carboxylic acid groups (broad SMARTS) is 1. The number of amides is 7. The van der Waals surface area contributed by atoms with Crippen molar-refractivity contribution in [2.24, 2.45) is 54.6 Å². The Balaban J connectivity index is 0.000000520. The molecule has 2 aromatic heterocycles. The Morgan fingerprint density at radius 3 is 1.10 bits per heavy atom. The fourth-order valence-corrected chi connectivity index (χ4v) is 13.4. The van der Waals surface area contributed by atoms with E-state index in [4.69, 9.17) is 39.5 Å². The van der Waals surface area contributed by atoms with Crippen molar-refractivity contribution < 1.29 is 110 Å². The van der Waals surface area contributed by atoms with Gasteiger partial charge in [0.25, 0.3) is 5.84 Å². The van der Waals surface area contributed by atoms with E-state index in [0.29, 0.717) is 30.8 Å². The molecule has 2 fully saturated rings. The van der Waals surface area contributed by atoms with E-state index >= 15 is 0 Å². The van der Waals surface area contributed by atoms with Crippen LogP contribution in [0.3, 0.4) is 0 Å². The van der Waals surface area contributed by atoms with Crippen LogP contribution < -0.4 is 83.1 Å². The van der Waals surface area contributed by atoms with Gasteiger partial charge in [-0.1, -0.05) is 135 Å². The first-order chi connectivity index (χ1) is 54.8. The number of hydrogen-bond donors (Lipinski definition) is 13. The number of carboxylic acids is 1. The van der Waals surface area contributed by atoms with Gasteiger partial charge in [-0.3, -0.25) is 50.1 Å². The summed E-state index contributed by atoms with van der Waals surface area (Å²) in [6.07, 6.45) is 17.7. The van der Waals surface area contributed by atoms with Crippen molar-refractivity contribution in [1.82, 2.24) is 26.6 Å². The van der Waals surface area contributed by atoms with Gasteiger partial charge in [0.05, 0.1) is 26.3 Å². The molecule has 6 atom stereocenters. The second-order valence-electron chi connectivity index (χ2n) is 27.8. The summed E-state index contributed by atoms with van der Waals surface area (Å²) in [7, 11) is -9.03. The predicted molar refractivity (Wildman–Crippen MR) is 455 cm³/mol. The van der Waals surface area contributed by atoms with E-state index in [1.54, 1.807) is 84.9 Å². The number of aliphatic carboxylic acids is 1.